The molecule has 1 aliphatic rings. The van der Waals surface area contributed by atoms with Crippen LogP contribution in [0.25, 0.3) is 0 Å². The molecule has 1 atom stereocenters. The number of nitrogens with one attached hydrogen (secondary N) is 2. The number of fused-ring (bicyclic) bond motifs is 1. The first-order chi connectivity index (χ1) is 10.3. The Morgan fingerprint density at radius 3 is 3.19 bits per heavy atom. The number of aromatic nitrogens is 3. The van der Waals surface area contributed by atoms with Gasteiger partial charge in [0.15, 0.2) is 0 Å². The summed E-state index contributed by atoms with van der Waals surface area (Å²) in [6.45, 7) is 2.34. The first-order valence-corrected chi connectivity index (χ1v) is 7.21. The van der Waals surface area contributed by atoms with E-state index in [-0.39, 0.29) is 17.8 Å². The van der Waals surface area contributed by atoms with Gasteiger partial charge < -0.3 is 4.74 Å². The van der Waals surface area contributed by atoms with Crippen LogP contribution in [0.4, 0.5) is 5.95 Å². The maximum Gasteiger partial charge on any atom is 0.337 e. The standard InChI is InChI=1S/C15H18N4O2/c1-2-21-15-17-14(18-19-15)16-13(20)12-9-5-7-10-6-3-4-8-11(10)12/h3-4,6,8,12H,2,5,7,9H2,1H3,(H2,16,17,18,19,20). The van der Waals surface area contributed by atoms with Crippen molar-refractivity contribution in [2.75, 3.05) is 11.9 Å². The van der Waals surface area contributed by atoms with Gasteiger partial charge in [0.2, 0.25) is 11.9 Å². The van der Waals surface area contributed by atoms with E-state index >= 15 is 0 Å². The number of hydrogen-bond acceptors (Lipinski definition) is 4. The van der Waals surface area contributed by atoms with Crippen LogP contribution in [0.1, 0.15) is 36.8 Å². The number of carbonyl (C=O) groups is 1. The number of hydrogen-bond donors (Lipinski definition) is 2. The second-order valence-corrected chi connectivity index (χ2v) is 5.03. The van der Waals surface area contributed by atoms with Crippen LogP contribution in [-0.4, -0.2) is 27.7 Å². The van der Waals surface area contributed by atoms with E-state index in [0.29, 0.717) is 12.6 Å². The molecular formula is C15H18N4O2. The summed E-state index contributed by atoms with van der Waals surface area (Å²) in [6.07, 6.45) is 2.92. The van der Waals surface area contributed by atoms with E-state index in [1.54, 1.807) is 0 Å². The SMILES string of the molecule is CCOc1n[nH]c(NC(=O)C2CCCc3ccccc32)n1. The Morgan fingerprint density at radius 2 is 2.33 bits per heavy atom. The van der Waals surface area contributed by atoms with Gasteiger partial charge in [0.1, 0.15) is 0 Å². The zero-order chi connectivity index (χ0) is 14.7. The minimum Gasteiger partial charge on any atom is -0.463 e. The lowest BCUT2D eigenvalue weighted by Gasteiger charge is -2.24. The molecule has 0 spiro atoms. The van der Waals surface area contributed by atoms with Gasteiger partial charge in [-0.25, -0.2) is 5.10 Å². The molecule has 1 unspecified atom stereocenters. The fraction of sp³-hybridized carbons (Fsp3) is 0.400. The average Bonchev–Trinajstić information content (AvgIpc) is 2.94. The lowest BCUT2D eigenvalue weighted by molar-refractivity contribution is -0.117. The summed E-state index contributed by atoms with van der Waals surface area (Å²) in [5.74, 6) is 0.142. The summed E-state index contributed by atoms with van der Waals surface area (Å²) in [6, 6.07) is 8.37. The lowest BCUT2D eigenvalue weighted by atomic mass is 9.82. The fourth-order valence-electron chi connectivity index (χ4n) is 2.73. The van der Waals surface area contributed by atoms with Crippen molar-refractivity contribution in [2.24, 2.45) is 0 Å². The Kier molecular flexibility index (Phi) is 3.85. The van der Waals surface area contributed by atoms with Gasteiger partial charge in [-0.3, -0.25) is 10.1 Å². The highest BCUT2D eigenvalue weighted by atomic mass is 16.5. The molecule has 1 aromatic carbocycles. The molecule has 1 aromatic heterocycles. The zero-order valence-corrected chi connectivity index (χ0v) is 11.9. The van der Waals surface area contributed by atoms with Crippen LogP contribution in [-0.2, 0) is 11.2 Å². The highest BCUT2D eigenvalue weighted by Gasteiger charge is 2.26. The molecule has 1 amide bonds. The maximum absolute atomic E-state index is 12.5. The number of aromatic amines is 1. The number of amides is 1. The van der Waals surface area contributed by atoms with E-state index in [0.717, 1.165) is 24.8 Å². The van der Waals surface area contributed by atoms with Gasteiger partial charge in [-0.05, 0) is 37.3 Å². The predicted molar refractivity (Wildman–Crippen MR) is 78.3 cm³/mol. The molecule has 0 bridgehead atoms. The van der Waals surface area contributed by atoms with Crippen LogP contribution in [0.2, 0.25) is 0 Å². The molecule has 2 aromatic rings. The molecule has 110 valence electrons. The van der Waals surface area contributed by atoms with Gasteiger partial charge in [0.05, 0.1) is 12.5 Å². The largest absolute Gasteiger partial charge is 0.463 e. The summed E-state index contributed by atoms with van der Waals surface area (Å²) in [5.41, 5.74) is 2.38. The molecule has 0 radical (unpaired) electrons. The maximum atomic E-state index is 12.5. The van der Waals surface area contributed by atoms with Crippen LogP contribution in [0.5, 0.6) is 6.01 Å². The topological polar surface area (TPSA) is 79.9 Å². The number of anilines is 1. The van der Waals surface area contributed by atoms with Crippen LogP contribution < -0.4 is 10.1 Å². The van der Waals surface area contributed by atoms with Crippen molar-refractivity contribution < 1.29 is 9.53 Å². The van der Waals surface area contributed by atoms with E-state index < -0.39 is 0 Å². The monoisotopic (exact) mass is 286 g/mol. The van der Waals surface area contributed by atoms with Crippen LogP contribution in [0.3, 0.4) is 0 Å². The van der Waals surface area contributed by atoms with E-state index in [1.807, 2.05) is 25.1 Å². The zero-order valence-electron chi connectivity index (χ0n) is 11.9. The van der Waals surface area contributed by atoms with Crippen LogP contribution >= 0.6 is 0 Å². The summed E-state index contributed by atoms with van der Waals surface area (Å²) in [7, 11) is 0. The molecule has 0 fully saturated rings. The number of aryl methyl sites for hydroxylation is 1. The van der Waals surface area contributed by atoms with Crippen molar-refractivity contribution >= 4 is 11.9 Å². The average molecular weight is 286 g/mol. The molecular weight excluding hydrogens is 268 g/mol. The number of rotatable bonds is 4. The van der Waals surface area contributed by atoms with Gasteiger partial charge in [0.25, 0.3) is 0 Å². The van der Waals surface area contributed by atoms with Crippen molar-refractivity contribution in [2.45, 2.75) is 32.1 Å². The summed E-state index contributed by atoms with van der Waals surface area (Å²) < 4.78 is 5.17. The Morgan fingerprint density at radius 1 is 1.48 bits per heavy atom. The van der Waals surface area contributed by atoms with E-state index in [4.69, 9.17) is 4.74 Å². The highest BCUT2D eigenvalue weighted by Crippen LogP contribution is 2.32. The van der Waals surface area contributed by atoms with Crippen molar-refractivity contribution in [1.29, 1.82) is 0 Å². The van der Waals surface area contributed by atoms with E-state index in [1.165, 1.54) is 5.56 Å². The highest BCUT2D eigenvalue weighted by molar-refractivity contribution is 5.94. The Bertz CT molecular complexity index is 638. The van der Waals surface area contributed by atoms with Gasteiger partial charge >= 0.3 is 6.01 Å². The minimum atomic E-state index is -0.129. The Hall–Kier alpha value is -2.37. The van der Waals surface area contributed by atoms with Gasteiger partial charge in [-0.2, -0.15) is 4.98 Å². The molecule has 0 saturated heterocycles. The van der Waals surface area contributed by atoms with Crippen molar-refractivity contribution in [3.8, 4) is 6.01 Å². The molecule has 0 aliphatic heterocycles. The smallest absolute Gasteiger partial charge is 0.337 e. The number of H-pyrrole nitrogens is 1. The number of nitrogens with zero attached hydrogens (tertiary/aromatic N) is 2. The second-order valence-electron chi connectivity index (χ2n) is 5.03. The van der Waals surface area contributed by atoms with Gasteiger partial charge in [-0.1, -0.05) is 24.3 Å². The second kappa shape index (κ2) is 5.95. The number of ether oxygens (including phenoxy) is 1. The normalized spacial score (nSPS) is 17.1. The molecule has 2 N–H and O–H groups in total. The molecule has 3 rings (SSSR count). The molecule has 6 heteroatoms. The quantitative estimate of drug-likeness (QED) is 0.903. The number of benzene rings is 1. The van der Waals surface area contributed by atoms with Crippen molar-refractivity contribution in [3.05, 3.63) is 35.4 Å². The summed E-state index contributed by atoms with van der Waals surface area (Å²) in [4.78, 5) is 16.5. The Balaban J connectivity index is 1.74. The molecule has 21 heavy (non-hydrogen) atoms. The molecule has 1 aliphatic carbocycles. The molecule has 1 heterocycles. The minimum absolute atomic E-state index is 0.0543. The van der Waals surface area contributed by atoms with Crippen LogP contribution in [0.15, 0.2) is 24.3 Å². The van der Waals surface area contributed by atoms with Gasteiger partial charge in [0, 0.05) is 0 Å². The first-order valence-electron chi connectivity index (χ1n) is 7.21. The van der Waals surface area contributed by atoms with E-state index in [9.17, 15) is 4.79 Å². The molecule has 0 saturated carbocycles. The molecule has 6 nitrogen and oxygen atoms in total. The third kappa shape index (κ3) is 2.89. The lowest BCUT2D eigenvalue weighted by Crippen LogP contribution is -2.25. The summed E-state index contributed by atoms with van der Waals surface area (Å²) in [5, 5.41) is 9.33. The van der Waals surface area contributed by atoms with Gasteiger partial charge in [-0.15, -0.1) is 5.10 Å². The van der Waals surface area contributed by atoms with Crippen molar-refractivity contribution in [1.82, 2.24) is 15.2 Å². The third-order valence-electron chi connectivity index (χ3n) is 3.67. The fourth-order valence-corrected chi connectivity index (χ4v) is 2.73. The summed E-state index contributed by atoms with van der Waals surface area (Å²) >= 11 is 0. The predicted octanol–water partition coefficient (Wildman–Crippen LogP) is 2.26. The first kappa shape index (κ1) is 13.6. The third-order valence-corrected chi connectivity index (χ3v) is 3.67. The number of carbonyl (C=O) groups excluding carboxylic acids is 1. The van der Waals surface area contributed by atoms with Crippen molar-refractivity contribution in [3.63, 3.8) is 0 Å². The van der Waals surface area contributed by atoms with Crippen LogP contribution in [0, 0.1) is 0 Å². The van der Waals surface area contributed by atoms with E-state index in [2.05, 4.69) is 26.6 Å². The Labute approximate surface area is 122 Å².